The maximum atomic E-state index is 12.9. The van der Waals surface area contributed by atoms with Crippen LogP contribution in [-0.4, -0.2) is 61.3 Å². The molecule has 1 saturated heterocycles. The Hall–Kier alpha value is -3.68. The van der Waals surface area contributed by atoms with E-state index in [9.17, 15) is 4.79 Å². The van der Waals surface area contributed by atoms with Crippen LogP contribution >= 0.6 is 0 Å². The van der Waals surface area contributed by atoms with Crippen molar-refractivity contribution in [2.24, 2.45) is 7.05 Å². The summed E-state index contributed by atoms with van der Waals surface area (Å²) < 4.78 is 3.99. The van der Waals surface area contributed by atoms with Gasteiger partial charge in [0, 0.05) is 62.7 Å². The molecule has 1 aromatic carbocycles. The van der Waals surface area contributed by atoms with Crippen LogP contribution in [-0.2, 0) is 18.3 Å². The monoisotopic (exact) mass is 415 g/mol. The summed E-state index contributed by atoms with van der Waals surface area (Å²) in [6.07, 6.45) is 6.12. The number of amides is 1. The highest BCUT2D eigenvalue weighted by Crippen LogP contribution is 2.22. The maximum Gasteiger partial charge on any atom is 0.227 e. The average Bonchev–Trinajstić information content (AvgIpc) is 3.37. The first-order valence-electron chi connectivity index (χ1n) is 10.5. The van der Waals surface area contributed by atoms with Gasteiger partial charge < -0.3 is 14.4 Å². The van der Waals surface area contributed by atoms with Gasteiger partial charge in [0.1, 0.15) is 5.82 Å². The zero-order chi connectivity index (χ0) is 21.4. The fourth-order valence-corrected chi connectivity index (χ4v) is 4.26. The molecule has 0 atom stereocenters. The van der Waals surface area contributed by atoms with Crippen LogP contribution in [0.15, 0.2) is 55.0 Å². The molecule has 1 amide bonds. The summed E-state index contributed by atoms with van der Waals surface area (Å²) in [4.78, 5) is 21.3. The van der Waals surface area contributed by atoms with Crippen molar-refractivity contribution >= 4 is 22.6 Å². The summed E-state index contributed by atoms with van der Waals surface area (Å²) in [6, 6.07) is 12.2. The van der Waals surface area contributed by atoms with Crippen LogP contribution in [0.25, 0.3) is 16.7 Å². The number of piperazine rings is 1. The van der Waals surface area contributed by atoms with Gasteiger partial charge in [-0.3, -0.25) is 9.36 Å². The molecule has 0 aliphatic carbocycles. The summed E-state index contributed by atoms with van der Waals surface area (Å²) >= 11 is 0. The molecule has 4 aromatic rings. The first kappa shape index (κ1) is 19.3. The number of carbonyl (C=O) groups excluding carboxylic acids is 1. The number of aromatic nitrogens is 5. The molecule has 0 N–H and O–H groups in total. The molecular weight excluding hydrogens is 390 g/mol. The van der Waals surface area contributed by atoms with Crippen molar-refractivity contribution in [1.82, 2.24) is 29.2 Å². The molecule has 1 fully saturated rings. The van der Waals surface area contributed by atoms with Crippen LogP contribution in [0.3, 0.4) is 0 Å². The summed E-state index contributed by atoms with van der Waals surface area (Å²) in [7, 11) is 2.02. The molecule has 0 saturated carbocycles. The first-order chi connectivity index (χ1) is 15.1. The van der Waals surface area contributed by atoms with Crippen molar-refractivity contribution < 1.29 is 4.79 Å². The molecule has 8 nitrogen and oxygen atoms in total. The fourth-order valence-electron chi connectivity index (χ4n) is 4.26. The van der Waals surface area contributed by atoms with Gasteiger partial charge in [0.15, 0.2) is 11.6 Å². The number of fused-ring (bicyclic) bond motifs is 1. The zero-order valence-corrected chi connectivity index (χ0v) is 17.8. The molecule has 5 rings (SSSR count). The fraction of sp³-hybridized carbons (Fsp3) is 0.304. The maximum absolute atomic E-state index is 12.9. The molecule has 4 heterocycles. The van der Waals surface area contributed by atoms with Crippen molar-refractivity contribution in [3.63, 3.8) is 0 Å². The second kappa shape index (κ2) is 7.86. The molecule has 8 heteroatoms. The quantitative estimate of drug-likeness (QED) is 0.512. The smallest absolute Gasteiger partial charge is 0.227 e. The topological polar surface area (TPSA) is 72.1 Å². The number of hydrogen-bond acceptors (Lipinski definition) is 5. The first-order valence-corrected chi connectivity index (χ1v) is 10.5. The minimum absolute atomic E-state index is 0.174. The molecule has 0 spiro atoms. The van der Waals surface area contributed by atoms with E-state index >= 15 is 0 Å². The third kappa shape index (κ3) is 3.65. The lowest BCUT2D eigenvalue weighted by molar-refractivity contribution is -0.130. The third-order valence-corrected chi connectivity index (χ3v) is 5.99. The SMILES string of the molecule is Cc1nccn1-c1ccc(N2CCN(C(=O)Cc3cn(C)c4ccccc34)CC2)nn1. The van der Waals surface area contributed by atoms with Gasteiger partial charge in [-0.15, -0.1) is 10.2 Å². The Morgan fingerprint density at radius 1 is 1.00 bits per heavy atom. The Morgan fingerprint density at radius 2 is 1.74 bits per heavy atom. The van der Waals surface area contributed by atoms with E-state index in [1.54, 1.807) is 6.20 Å². The van der Waals surface area contributed by atoms with Crippen molar-refractivity contribution in [3.8, 4) is 5.82 Å². The van der Waals surface area contributed by atoms with E-state index in [0.717, 1.165) is 47.0 Å². The highest BCUT2D eigenvalue weighted by Gasteiger charge is 2.23. The van der Waals surface area contributed by atoms with E-state index in [0.29, 0.717) is 19.5 Å². The lowest BCUT2D eigenvalue weighted by Gasteiger charge is -2.35. The number of carbonyl (C=O) groups is 1. The van der Waals surface area contributed by atoms with Crippen molar-refractivity contribution in [1.29, 1.82) is 0 Å². The lowest BCUT2D eigenvalue weighted by atomic mass is 10.1. The third-order valence-electron chi connectivity index (χ3n) is 5.99. The Morgan fingerprint density at radius 3 is 2.45 bits per heavy atom. The van der Waals surface area contributed by atoms with Gasteiger partial charge in [-0.05, 0) is 30.7 Å². The molecule has 0 bridgehead atoms. The largest absolute Gasteiger partial charge is 0.352 e. The van der Waals surface area contributed by atoms with Gasteiger partial charge in [0.2, 0.25) is 5.91 Å². The van der Waals surface area contributed by atoms with Crippen LogP contribution in [0.1, 0.15) is 11.4 Å². The standard InChI is InChI=1S/C23H25N7O/c1-17-24-9-10-30(17)22-8-7-21(25-26-22)28-11-13-29(14-12-28)23(31)15-18-16-27(2)20-6-4-3-5-19(18)20/h3-10,16H,11-15H2,1-2H3. The number of imidazole rings is 1. The van der Waals surface area contributed by atoms with E-state index in [2.05, 4.69) is 43.0 Å². The molecule has 1 aliphatic rings. The van der Waals surface area contributed by atoms with Crippen LogP contribution < -0.4 is 4.90 Å². The second-order valence-corrected chi connectivity index (χ2v) is 7.92. The molecule has 3 aromatic heterocycles. The van der Waals surface area contributed by atoms with Crippen molar-refractivity contribution in [3.05, 3.63) is 66.4 Å². The average molecular weight is 416 g/mol. The number of aryl methyl sites for hydroxylation is 2. The Bertz CT molecular complexity index is 1220. The van der Waals surface area contributed by atoms with Crippen molar-refractivity contribution in [2.75, 3.05) is 31.1 Å². The summed E-state index contributed by atoms with van der Waals surface area (Å²) in [5, 5.41) is 9.90. The molecule has 0 radical (unpaired) electrons. The minimum atomic E-state index is 0.174. The summed E-state index contributed by atoms with van der Waals surface area (Å²) in [6.45, 7) is 4.81. The van der Waals surface area contributed by atoms with Crippen LogP contribution in [0.2, 0.25) is 0 Å². The van der Waals surface area contributed by atoms with E-state index < -0.39 is 0 Å². The molecular formula is C23H25N7O. The van der Waals surface area contributed by atoms with Gasteiger partial charge >= 0.3 is 0 Å². The van der Waals surface area contributed by atoms with E-state index in [1.807, 2.05) is 53.9 Å². The lowest BCUT2D eigenvalue weighted by Crippen LogP contribution is -2.49. The molecule has 0 unspecified atom stereocenters. The van der Waals surface area contributed by atoms with Crippen LogP contribution in [0.4, 0.5) is 5.82 Å². The van der Waals surface area contributed by atoms with Gasteiger partial charge in [-0.1, -0.05) is 18.2 Å². The Labute approximate surface area is 180 Å². The highest BCUT2D eigenvalue weighted by molar-refractivity contribution is 5.89. The number of rotatable bonds is 4. The Balaban J connectivity index is 1.22. The predicted octanol–water partition coefficient (Wildman–Crippen LogP) is 2.35. The molecule has 158 valence electrons. The van der Waals surface area contributed by atoms with Crippen LogP contribution in [0, 0.1) is 6.92 Å². The number of nitrogens with zero attached hydrogens (tertiary/aromatic N) is 7. The number of para-hydroxylation sites is 1. The van der Waals surface area contributed by atoms with Crippen molar-refractivity contribution in [2.45, 2.75) is 13.3 Å². The van der Waals surface area contributed by atoms with Gasteiger partial charge in [0.25, 0.3) is 0 Å². The molecule has 31 heavy (non-hydrogen) atoms. The number of hydrogen-bond donors (Lipinski definition) is 0. The van der Waals surface area contributed by atoms with Gasteiger partial charge in [-0.2, -0.15) is 0 Å². The van der Waals surface area contributed by atoms with Crippen LogP contribution in [0.5, 0.6) is 0 Å². The number of anilines is 1. The second-order valence-electron chi connectivity index (χ2n) is 7.92. The molecule has 1 aliphatic heterocycles. The van der Waals surface area contributed by atoms with E-state index in [-0.39, 0.29) is 5.91 Å². The Kier molecular flexibility index (Phi) is 4.89. The van der Waals surface area contributed by atoms with E-state index in [4.69, 9.17) is 0 Å². The summed E-state index contributed by atoms with van der Waals surface area (Å²) in [5.41, 5.74) is 2.24. The minimum Gasteiger partial charge on any atom is -0.352 e. The zero-order valence-electron chi connectivity index (χ0n) is 17.8. The normalized spacial score (nSPS) is 14.4. The van der Waals surface area contributed by atoms with E-state index in [1.165, 1.54) is 0 Å². The predicted molar refractivity (Wildman–Crippen MR) is 119 cm³/mol. The number of benzene rings is 1. The summed E-state index contributed by atoms with van der Waals surface area (Å²) in [5.74, 6) is 2.64. The van der Waals surface area contributed by atoms with Gasteiger partial charge in [-0.25, -0.2) is 4.98 Å². The highest BCUT2D eigenvalue weighted by atomic mass is 16.2. The van der Waals surface area contributed by atoms with Gasteiger partial charge in [0.05, 0.1) is 6.42 Å².